The summed E-state index contributed by atoms with van der Waals surface area (Å²) >= 11 is 0. The lowest BCUT2D eigenvalue weighted by Crippen LogP contribution is -2.51. The Hall–Kier alpha value is -3.03. The number of nitrogens with one attached hydrogen (secondary N) is 2. The van der Waals surface area contributed by atoms with Crippen molar-refractivity contribution in [3.05, 3.63) is 65.7 Å². The molecule has 0 saturated heterocycles. The fourth-order valence-corrected chi connectivity index (χ4v) is 2.73. The van der Waals surface area contributed by atoms with E-state index in [0.29, 0.717) is 11.3 Å². The van der Waals surface area contributed by atoms with Crippen molar-refractivity contribution in [2.24, 2.45) is 5.92 Å². The Labute approximate surface area is 167 Å². The van der Waals surface area contributed by atoms with E-state index in [0.717, 1.165) is 12.1 Å². The van der Waals surface area contributed by atoms with Crippen LogP contribution >= 0.6 is 0 Å². The van der Waals surface area contributed by atoms with Crippen molar-refractivity contribution < 1.29 is 22.8 Å². The van der Waals surface area contributed by atoms with Gasteiger partial charge in [-0.2, -0.15) is 13.2 Å². The number of likely N-dealkylation sites (N-methyl/N-ethyl adjacent to an activating group) is 1. The first-order chi connectivity index (χ1) is 13.6. The van der Waals surface area contributed by atoms with Gasteiger partial charge in [-0.05, 0) is 35.7 Å². The lowest BCUT2D eigenvalue weighted by Gasteiger charge is -2.27. The van der Waals surface area contributed by atoms with Crippen molar-refractivity contribution in [3.8, 4) is 0 Å². The van der Waals surface area contributed by atoms with Crippen LogP contribution in [0.15, 0.2) is 54.6 Å². The Bertz CT molecular complexity index is 821. The summed E-state index contributed by atoms with van der Waals surface area (Å²) in [4.78, 5) is 26.4. The zero-order valence-electron chi connectivity index (χ0n) is 16.5. The van der Waals surface area contributed by atoms with E-state index in [1.165, 1.54) is 17.0 Å². The minimum Gasteiger partial charge on any atom is -0.340 e. The Balaban J connectivity index is 2.01. The van der Waals surface area contributed by atoms with Gasteiger partial charge in [0.15, 0.2) is 0 Å². The second-order valence-electron chi connectivity index (χ2n) is 7.08. The highest BCUT2D eigenvalue weighted by Gasteiger charge is 2.30. The van der Waals surface area contributed by atoms with Gasteiger partial charge >= 0.3 is 12.2 Å². The molecule has 3 amide bonds. The topological polar surface area (TPSA) is 61.4 Å². The molecule has 2 N–H and O–H groups in total. The van der Waals surface area contributed by atoms with E-state index < -0.39 is 23.8 Å². The number of alkyl halides is 3. The maximum atomic E-state index is 12.8. The standard InChI is InChI=1S/C21H24F3N3O2/c1-14(2)18(26-20(29)25-17-7-5-4-6-8-17)19(28)27(3)13-15-9-11-16(12-10-15)21(22,23)24/h4-12,14,18H,13H2,1-3H3,(H2,25,26,29). The average Bonchev–Trinajstić information content (AvgIpc) is 2.66. The average molecular weight is 407 g/mol. The molecule has 2 rings (SSSR count). The summed E-state index contributed by atoms with van der Waals surface area (Å²) in [7, 11) is 1.55. The molecule has 0 bridgehead atoms. The molecular formula is C21H24F3N3O2. The van der Waals surface area contributed by atoms with Gasteiger partial charge < -0.3 is 15.5 Å². The normalized spacial score (nSPS) is 12.4. The number of rotatable bonds is 6. The third-order valence-corrected chi connectivity index (χ3v) is 4.33. The number of para-hydroxylation sites is 1. The van der Waals surface area contributed by atoms with Crippen LogP contribution in [0.2, 0.25) is 0 Å². The largest absolute Gasteiger partial charge is 0.416 e. The van der Waals surface area contributed by atoms with Gasteiger partial charge in [-0.15, -0.1) is 0 Å². The van der Waals surface area contributed by atoms with E-state index in [4.69, 9.17) is 0 Å². The minimum atomic E-state index is -4.40. The maximum Gasteiger partial charge on any atom is 0.416 e. The van der Waals surface area contributed by atoms with Crippen LogP contribution in [0.5, 0.6) is 0 Å². The first-order valence-electron chi connectivity index (χ1n) is 9.11. The molecule has 0 aliphatic rings. The molecule has 0 aliphatic heterocycles. The SMILES string of the molecule is CC(C)C(NC(=O)Nc1ccccc1)C(=O)N(C)Cc1ccc(C(F)(F)F)cc1. The molecule has 1 atom stereocenters. The van der Waals surface area contributed by atoms with E-state index >= 15 is 0 Å². The van der Waals surface area contributed by atoms with Crippen molar-refractivity contribution in [3.63, 3.8) is 0 Å². The lowest BCUT2D eigenvalue weighted by molar-refractivity contribution is -0.137. The molecule has 2 aromatic rings. The van der Waals surface area contributed by atoms with Crippen molar-refractivity contribution >= 4 is 17.6 Å². The fourth-order valence-electron chi connectivity index (χ4n) is 2.73. The quantitative estimate of drug-likeness (QED) is 0.740. The number of amides is 3. The zero-order chi connectivity index (χ0) is 21.6. The number of carbonyl (C=O) groups is 2. The van der Waals surface area contributed by atoms with Gasteiger partial charge in [0, 0.05) is 19.3 Å². The van der Waals surface area contributed by atoms with Gasteiger partial charge in [0.1, 0.15) is 6.04 Å². The van der Waals surface area contributed by atoms with Crippen LogP contribution in [-0.2, 0) is 17.5 Å². The van der Waals surface area contributed by atoms with Crippen LogP contribution in [0.25, 0.3) is 0 Å². The van der Waals surface area contributed by atoms with E-state index in [9.17, 15) is 22.8 Å². The number of hydrogen-bond acceptors (Lipinski definition) is 2. The smallest absolute Gasteiger partial charge is 0.340 e. The predicted octanol–water partition coefficient (Wildman–Crippen LogP) is 4.51. The van der Waals surface area contributed by atoms with Crippen LogP contribution in [0.3, 0.4) is 0 Å². The molecule has 0 radical (unpaired) electrons. The highest BCUT2D eigenvalue weighted by atomic mass is 19.4. The predicted molar refractivity (Wildman–Crippen MR) is 105 cm³/mol. The van der Waals surface area contributed by atoms with Crippen molar-refractivity contribution in [2.45, 2.75) is 32.6 Å². The second kappa shape index (κ2) is 9.45. The summed E-state index contributed by atoms with van der Waals surface area (Å²) < 4.78 is 38.0. The highest BCUT2D eigenvalue weighted by molar-refractivity contribution is 5.93. The van der Waals surface area contributed by atoms with Gasteiger partial charge in [0.25, 0.3) is 0 Å². The molecule has 0 fully saturated rings. The van der Waals surface area contributed by atoms with E-state index in [1.54, 1.807) is 45.2 Å². The molecule has 2 aromatic carbocycles. The Kier molecular flexibility index (Phi) is 7.25. The monoisotopic (exact) mass is 407 g/mol. The Morgan fingerprint density at radius 2 is 1.59 bits per heavy atom. The molecule has 0 aliphatic carbocycles. The molecule has 0 saturated carbocycles. The summed E-state index contributed by atoms with van der Waals surface area (Å²) in [5, 5.41) is 5.33. The Morgan fingerprint density at radius 1 is 1.00 bits per heavy atom. The lowest BCUT2D eigenvalue weighted by atomic mass is 10.0. The molecular weight excluding hydrogens is 383 g/mol. The van der Waals surface area contributed by atoms with E-state index in [1.807, 2.05) is 6.07 Å². The number of anilines is 1. The van der Waals surface area contributed by atoms with Crippen LogP contribution in [0, 0.1) is 5.92 Å². The maximum absolute atomic E-state index is 12.8. The van der Waals surface area contributed by atoms with Gasteiger partial charge in [-0.1, -0.05) is 44.2 Å². The first kappa shape index (κ1) is 22.3. The number of benzene rings is 2. The number of urea groups is 1. The van der Waals surface area contributed by atoms with Crippen LogP contribution < -0.4 is 10.6 Å². The molecule has 1 unspecified atom stereocenters. The molecule has 0 spiro atoms. The fraction of sp³-hybridized carbons (Fsp3) is 0.333. The van der Waals surface area contributed by atoms with Crippen LogP contribution in [-0.4, -0.2) is 29.9 Å². The molecule has 29 heavy (non-hydrogen) atoms. The molecule has 8 heteroatoms. The van der Waals surface area contributed by atoms with Crippen LogP contribution in [0.1, 0.15) is 25.0 Å². The van der Waals surface area contributed by atoms with Crippen LogP contribution in [0.4, 0.5) is 23.7 Å². The van der Waals surface area contributed by atoms with Gasteiger partial charge in [0.05, 0.1) is 5.56 Å². The number of nitrogens with zero attached hydrogens (tertiary/aromatic N) is 1. The van der Waals surface area contributed by atoms with Gasteiger partial charge in [-0.25, -0.2) is 4.79 Å². The van der Waals surface area contributed by atoms with Crippen molar-refractivity contribution in [1.29, 1.82) is 0 Å². The van der Waals surface area contributed by atoms with E-state index in [-0.39, 0.29) is 18.4 Å². The number of carbonyl (C=O) groups excluding carboxylic acids is 2. The number of hydrogen-bond donors (Lipinski definition) is 2. The molecule has 156 valence electrons. The summed E-state index contributed by atoms with van der Waals surface area (Å²) in [6, 6.07) is 12.2. The number of halogens is 3. The zero-order valence-corrected chi connectivity index (χ0v) is 16.5. The molecule has 0 aromatic heterocycles. The Morgan fingerprint density at radius 3 is 2.10 bits per heavy atom. The van der Waals surface area contributed by atoms with Gasteiger partial charge in [-0.3, -0.25) is 4.79 Å². The van der Waals surface area contributed by atoms with E-state index in [2.05, 4.69) is 10.6 Å². The summed E-state index contributed by atoms with van der Waals surface area (Å²) in [5.41, 5.74) is 0.415. The summed E-state index contributed by atoms with van der Waals surface area (Å²) in [6.07, 6.45) is -4.40. The molecule has 5 nitrogen and oxygen atoms in total. The third-order valence-electron chi connectivity index (χ3n) is 4.33. The van der Waals surface area contributed by atoms with Gasteiger partial charge in [0.2, 0.25) is 5.91 Å². The summed E-state index contributed by atoms with van der Waals surface area (Å²) in [6.45, 7) is 3.73. The molecule has 0 heterocycles. The second-order valence-corrected chi connectivity index (χ2v) is 7.08. The first-order valence-corrected chi connectivity index (χ1v) is 9.11. The third kappa shape index (κ3) is 6.51. The highest BCUT2D eigenvalue weighted by Crippen LogP contribution is 2.29. The van der Waals surface area contributed by atoms with Crippen molar-refractivity contribution in [1.82, 2.24) is 10.2 Å². The minimum absolute atomic E-state index is 0.127. The van der Waals surface area contributed by atoms with Crippen molar-refractivity contribution in [2.75, 3.05) is 12.4 Å². The summed E-state index contributed by atoms with van der Waals surface area (Å²) in [5.74, 6) is -0.512.